The van der Waals surface area contributed by atoms with Crippen LogP contribution >= 0.6 is 12.2 Å². The first-order valence-electron chi connectivity index (χ1n) is 6.64. The first-order valence-corrected chi connectivity index (χ1v) is 7.05. The zero-order chi connectivity index (χ0) is 13.5. The fourth-order valence-corrected chi connectivity index (χ4v) is 1.95. The highest BCUT2D eigenvalue weighted by Crippen LogP contribution is 2.11. The van der Waals surface area contributed by atoms with Crippen LogP contribution in [0.5, 0.6) is 0 Å². The Hall–Kier alpha value is -0.940. The van der Waals surface area contributed by atoms with Crippen molar-refractivity contribution in [3.8, 4) is 0 Å². The van der Waals surface area contributed by atoms with Crippen LogP contribution in [-0.4, -0.2) is 41.0 Å². The zero-order valence-corrected chi connectivity index (χ0v) is 12.6. The second-order valence-electron chi connectivity index (χ2n) is 4.63. The number of aromatic amines is 1. The van der Waals surface area contributed by atoms with E-state index in [-0.39, 0.29) is 0 Å². The van der Waals surface area contributed by atoms with Crippen LogP contribution in [0.3, 0.4) is 0 Å². The third-order valence-electron chi connectivity index (χ3n) is 2.95. The molecule has 1 aromatic rings. The number of nitrogens with zero attached hydrogens (tertiary/aromatic N) is 2. The predicted octanol–water partition coefficient (Wildman–Crippen LogP) is 3.02. The summed E-state index contributed by atoms with van der Waals surface area (Å²) in [5, 5.41) is 3.38. The van der Waals surface area contributed by atoms with Crippen LogP contribution in [0, 0.1) is 4.64 Å². The van der Waals surface area contributed by atoms with Crippen LogP contribution in [0.1, 0.15) is 39.4 Å². The summed E-state index contributed by atoms with van der Waals surface area (Å²) in [4.78, 5) is 9.99. The van der Waals surface area contributed by atoms with Crippen molar-refractivity contribution >= 4 is 18.0 Å². The number of anilines is 1. The molecular weight excluding hydrogens is 244 g/mol. The molecule has 1 aromatic heterocycles. The lowest BCUT2D eigenvalue weighted by atomic mass is 10.2. The lowest BCUT2D eigenvalue weighted by molar-refractivity contribution is 0.316. The molecule has 1 rings (SSSR count). The van der Waals surface area contributed by atoms with E-state index in [0.29, 0.717) is 10.6 Å². The number of hydrogen-bond donors (Lipinski definition) is 2. The van der Waals surface area contributed by atoms with Gasteiger partial charge in [0.15, 0.2) is 0 Å². The predicted molar refractivity (Wildman–Crippen MR) is 79.8 cm³/mol. The summed E-state index contributed by atoms with van der Waals surface area (Å²) in [5.41, 5.74) is 0. The van der Waals surface area contributed by atoms with Gasteiger partial charge in [-0.15, -0.1) is 0 Å². The molecule has 102 valence electrons. The molecule has 0 aliphatic rings. The van der Waals surface area contributed by atoms with E-state index in [1.165, 1.54) is 0 Å². The molecule has 5 heteroatoms. The minimum absolute atomic E-state index is 0.358. The Balaban J connectivity index is 2.59. The lowest BCUT2D eigenvalue weighted by Crippen LogP contribution is -2.28. The summed E-state index contributed by atoms with van der Waals surface area (Å²) in [7, 11) is 0. The molecule has 4 nitrogen and oxygen atoms in total. The maximum atomic E-state index is 5.17. The summed E-state index contributed by atoms with van der Waals surface area (Å²) in [6.45, 7) is 12.7. The van der Waals surface area contributed by atoms with Crippen molar-refractivity contribution in [3.05, 3.63) is 16.5 Å². The summed E-state index contributed by atoms with van der Waals surface area (Å²) in [6.07, 6.45) is 0. The molecule has 0 saturated heterocycles. The molecule has 0 atom stereocenters. The van der Waals surface area contributed by atoms with Gasteiger partial charge in [0.1, 0.15) is 16.3 Å². The number of aromatic nitrogens is 2. The summed E-state index contributed by atoms with van der Waals surface area (Å²) >= 11 is 5.17. The molecule has 0 aromatic carbocycles. The Labute approximate surface area is 115 Å². The Morgan fingerprint density at radius 2 is 2.06 bits per heavy atom. The van der Waals surface area contributed by atoms with E-state index in [0.717, 1.165) is 37.8 Å². The molecule has 0 saturated carbocycles. The van der Waals surface area contributed by atoms with E-state index >= 15 is 0 Å². The van der Waals surface area contributed by atoms with Gasteiger partial charge in [-0.3, -0.25) is 0 Å². The number of likely N-dealkylation sites (N-methyl/N-ethyl adjacent to an activating group) is 1. The first kappa shape index (κ1) is 15.1. The monoisotopic (exact) mass is 268 g/mol. The van der Waals surface area contributed by atoms with Crippen molar-refractivity contribution in [2.24, 2.45) is 0 Å². The van der Waals surface area contributed by atoms with E-state index in [1.807, 2.05) is 6.07 Å². The van der Waals surface area contributed by atoms with Crippen molar-refractivity contribution in [3.63, 3.8) is 0 Å². The van der Waals surface area contributed by atoms with Crippen LogP contribution < -0.4 is 5.32 Å². The number of rotatable bonds is 7. The van der Waals surface area contributed by atoms with Gasteiger partial charge >= 0.3 is 0 Å². The van der Waals surface area contributed by atoms with Crippen LogP contribution in [0.25, 0.3) is 0 Å². The van der Waals surface area contributed by atoms with Gasteiger partial charge in [-0.25, -0.2) is 4.98 Å². The highest BCUT2D eigenvalue weighted by Gasteiger charge is 2.04. The Morgan fingerprint density at radius 1 is 1.39 bits per heavy atom. The standard InChI is InChI=1S/C13H24N4S/c1-5-17(6-2)8-7-14-11-9-12(18)16-13(15-11)10(3)4/h9-10H,5-8H2,1-4H3,(H2,14,15,16,18). The van der Waals surface area contributed by atoms with Crippen LogP contribution in [0.4, 0.5) is 5.82 Å². The van der Waals surface area contributed by atoms with Gasteiger partial charge in [0.05, 0.1) is 0 Å². The molecule has 0 aliphatic carbocycles. The molecule has 0 spiro atoms. The molecule has 0 aliphatic heterocycles. The van der Waals surface area contributed by atoms with Crippen LogP contribution in [-0.2, 0) is 0 Å². The largest absolute Gasteiger partial charge is 0.370 e. The number of nitrogens with one attached hydrogen (secondary N) is 2. The molecule has 0 radical (unpaired) electrons. The third-order valence-corrected chi connectivity index (χ3v) is 3.16. The number of hydrogen-bond acceptors (Lipinski definition) is 4. The van der Waals surface area contributed by atoms with Crippen molar-refractivity contribution in [2.75, 3.05) is 31.5 Å². The van der Waals surface area contributed by atoms with Crippen molar-refractivity contribution in [1.82, 2.24) is 14.9 Å². The molecule has 0 bridgehead atoms. The van der Waals surface area contributed by atoms with E-state index in [2.05, 4.69) is 47.9 Å². The second-order valence-corrected chi connectivity index (χ2v) is 5.04. The lowest BCUT2D eigenvalue weighted by Gasteiger charge is -2.18. The smallest absolute Gasteiger partial charge is 0.131 e. The molecule has 0 fully saturated rings. The van der Waals surface area contributed by atoms with Crippen LogP contribution in [0.2, 0.25) is 0 Å². The van der Waals surface area contributed by atoms with E-state index in [9.17, 15) is 0 Å². The molecule has 1 heterocycles. The fraction of sp³-hybridized carbons (Fsp3) is 0.692. The van der Waals surface area contributed by atoms with Crippen molar-refractivity contribution in [1.29, 1.82) is 0 Å². The van der Waals surface area contributed by atoms with Gasteiger partial charge in [0.25, 0.3) is 0 Å². The third kappa shape index (κ3) is 4.74. The molecule has 0 amide bonds. The van der Waals surface area contributed by atoms with Gasteiger partial charge in [0, 0.05) is 25.1 Å². The molecule has 18 heavy (non-hydrogen) atoms. The average molecular weight is 268 g/mol. The molecule has 0 unspecified atom stereocenters. The maximum absolute atomic E-state index is 5.17. The summed E-state index contributed by atoms with van der Waals surface area (Å²) < 4.78 is 0.641. The second kappa shape index (κ2) is 7.48. The minimum atomic E-state index is 0.358. The Bertz CT molecular complexity index is 410. The highest BCUT2D eigenvalue weighted by atomic mass is 32.1. The summed E-state index contributed by atoms with van der Waals surface area (Å²) in [6, 6.07) is 1.88. The summed E-state index contributed by atoms with van der Waals surface area (Å²) in [5.74, 6) is 2.26. The topological polar surface area (TPSA) is 44.0 Å². The molecular formula is C13H24N4S. The minimum Gasteiger partial charge on any atom is -0.370 e. The zero-order valence-electron chi connectivity index (χ0n) is 11.8. The molecule has 2 N–H and O–H groups in total. The van der Waals surface area contributed by atoms with Crippen LogP contribution in [0.15, 0.2) is 6.07 Å². The Kier molecular flexibility index (Phi) is 6.29. The van der Waals surface area contributed by atoms with Gasteiger partial charge < -0.3 is 15.2 Å². The Morgan fingerprint density at radius 3 is 2.61 bits per heavy atom. The van der Waals surface area contributed by atoms with Gasteiger partial charge in [-0.05, 0) is 13.1 Å². The maximum Gasteiger partial charge on any atom is 0.131 e. The SMILES string of the molecule is CCN(CC)CCNc1cc(=S)nc(C(C)C)[nH]1. The highest BCUT2D eigenvalue weighted by molar-refractivity contribution is 7.71. The van der Waals surface area contributed by atoms with Gasteiger partial charge in [0.2, 0.25) is 0 Å². The number of H-pyrrole nitrogens is 1. The first-order chi connectivity index (χ1) is 8.56. The van der Waals surface area contributed by atoms with E-state index in [1.54, 1.807) is 0 Å². The van der Waals surface area contributed by atoms with Gasteiger partial charge in [-0.2, -0.15) is 0 Å². The normalized spacial score (nSPS) is 11.2. The average Bonchev–Trinajstić information content (AvgIpc) is 2.34. The van der Waals surface area contributed by atoms with E-state index in [4.69, 9.17) is 12.2 Å². The van der Waals surface area contributed by atoms with Crippen molar-refractivity contribution < 1.29 is 0 Å². The fourth-order valence-electron chi connectivity index (χ4n) is 1.73. The van der Waals surface area contributed by atoms with E-state index < -0.39 is 0 Å². The quantitative estimate of drug-likeness (QED) is 0.746. The van der Waals surface area contributed by atoms with Gasteiger partial charge in [-0.1, -0.05) is 39.9 Å². The van der Waals surface area contributed by atoms with Crippen molar-refractivity contribution in [2.45, 2.75) is 33.6 Å².